The second-order valence-corrected chi connectivity index (χ2v) is 7.16. The number of carbonyl (C=O) groups is 2. The van der Waals surface area contributed by atoms with Crippen molar-refractivity contribution in [2.45, 2.75) is 25.1 Å². The molecule has 24 heavy (non-hydrogen) atoms. The van der Waals surface area contributed by atoms with E-state index in [2.05, 4.69) is 17.9 Å². The molecule has 0 spiro atoms. The summed E-state index contributed by atoms with van der Waals surface area (Å²) in [6.45, 7) is 1.89. The maximum Gasteiger partial charge on any atom is 0.327 e. The molecule has 1 amide bonds. The van der Waals surface area contributed by atoms with Gasteiger partial charge in [-0.1, -0.05) is 19.1 Å². The molecule has 0 fully saturated rings. The number of nitrogens with zero attached hydrogens (tertiary/aromatic N) is 1. The van der Waals surface area contributed by atoms with Gasteiger partial charge >= 0.3 is 5.97 Å². The van der Waals surface area contributed by atoms with Crippen LogP contribution in [0.2, 0.25) is 0 Å². The highest BCUT2D eigenvalue weighted by molar-refractivity contribution is 7.98. The lowest BCUT2D eigenvalue weighted by Gasteiger charge is -2.18. The number of aliphatic carboxylic acids is 1. The lowest BCUT2D eigenvalue weighted by molar-refractivity contribution is -0.141. The first-order chi connectivity index (χ1) is 11.4. The van der Waals surface area contributed by atoms with E-state index in [4.69, 9.17) is 0 Å². The van der Waals surface area contributed by atoms with Crippen LogP contribution in [0.15, 0.2) is 24.3 Å². The zero-order valence-electron chi connectivity index (χ0n) is 14.4. The van der Waals surface area contributed by atoms with Crippen LogP contribution in [0.1, 0.15) is 18.9 Å². The van der Waals surface area contributed by atoms with Crippen LogP contribution in [0.4, 0.5) is 5.69 Å². The van der Waals surface area contributed by atoms with Crippen molar-refractivity contribution in [3.05, 3.63) is 29.8 Å². The average molecular weight is 371 g/mol. The van der Waals surface area contributed by atoms with Gasteiger partial charge in [0.2, 0.25) is 5.91 Å². The Kier molecular flexibility index (Phi) is 9.07. The molecular formula is C17H26N2O3S2. The predicted molar refractivity (Wildman–Crippen MR) is 104 cm³/mol. The zero-order chi connectivity index (χ0) is 18.1. The molecule has 1 aromatic rings. The predicted octanol–water partition coefficient (Wildman–Crippen LogP) is 2.51. The molecule has 1 aromatic carbocycles. The molecule has 5 nitrogen and oxygen atoms in total. The molecule has 1 rings (SSSR count). The van der Waals surface area contributed by atoms with Crippen LogP contribution in [0.5, 0.6) is 0 Å². The minimum Gasteiger partial charge on any atom is -0.480 e. The van der Waals surface area contributed by atoms with Gasteiger partial charge in [-0.05, 0) is 24.1 Å². The van der Waals surface area contributed by atoms with Crippen molar-refractivity contribution in [2.24, 2.45) is 5.92 Å². The third-order valence-corrected chi connectivity index (χ3v) is 5.25. The zero-order valence-corrected chi connectivity index (χ0v) is 16.1. The molecule has 0 bridgehead atoms. The maximum absolute atomic E-state index is 12.0. The van der Waals surface area contributed by atoms with Gasteiger partial charge in [0.1, 0.15) is 6.04 Å². The number of rotatable bonds is 10. The van der Waals surface area contributed by atoms with Gasteiger partial charge in [-0.2, -0.15) is 24.4 Å². The van der Waals surface area contributed by atoms with Crippen LogP contribution >= 0.6 is 24.4 Å². The van der Waals surface area contributed by atoms with E-state index >= 15 is 0 Å². The van der Waals surface area contributed by atoms with E-state index in [1.807, 2.05) is 50.2 Å². The number of thiol groups is 1. The summed E-state index contributed by atoms with van der Waals surface area (Å²) in [6.07, 6.45) is 0.646. The molecular weight excluding hydrogens is 344 g/mol. The van der Waals surface area contributed by atoms with Crippen molar-refractivity contribution in [1.82, 2.24) is 5.32 Å². The Morgan fingerprint density at radius 1 is 1.29 bits per heavy atom. The highest BCUT2D eigenvalue weighted by atomic mass is 32.2. The Morgan fingerprint density at radius 3 is 2.38 bits per heavy atom. The van der Waals surface area contributed by atoms with E-state index in [1.165, 1.54) is 11.8 Å². The normalized spacial score (nSPS) is 13.2. The first-order valence-electron chi connectivity index (χ1n) is 7.87. The molecule has 1 unspecified atom stereocenters. The van der Waals surface area contributed by atoms with Gasteiger partial charge in [0.05, 0.1) is 0 Å². The fourth-order valence-corrected chi connectivity index (χ4v) is 3.48. The molecule has 2 N–H and O–H groups in total. The summed E-state index contributed by atoms with van der Waals surface area (Å²) in [7, 11) is 3.97. The van der Waals surface area contributed by atoms with Crippen LogP contribution in [-0.4, -0.2) is 48.6 Å². The van der Waals surface area contributed by atoms with Crippen LogP contribution in [-0.2, 0) is 15.3 Å². The van der Waals surface area contributed by atoms with Gasteiger partial charge in [-0.25, -0.2) is 4.79 Å². The SMILES string of the molecule is CCC(CS)C(=O)N[C@@H](CSCc1ccc(N(C)C)cc1)C(=O)O. The Balaban J connectivity index is 2.52. The van der Waals surface area contributed by atoms with Crippen molar-refractivity contribution in [1.29, 1.82) is 0 Å². The molecule has 0 saturated carbocycles. The van der Waals surface area contributed by atoms with E-state index in [-0.39, 0.29) is 11.8 Å². The largest absolute Gasteiger partial charge is 0.480 e. The fraction of sp³-hybridized carbons (Fsp3) is 0.529. The molecule has 0 aliphatic heterocycles. The number of nitrogens with one attached hydrogen (secondary N) is 1. The average Bonchev–Trinajstić information content (AvgIpc) is 2.55. The quantitative estimate of drug-likeness (QED) is 0.552. The number of thioether (sulfide) groups is 1. The topological polar surface area (TPSA) is 69.6 Å². The molecule has 0 aliphatic carbocycles. The third-order valence-electron chi connectivity index (χ3n) is 3.70. The monoisotopic (exact) mass is 370 g/mol. The molecule has 7 heteroatoms. The summed E-state index contributed by atoms with van der Waals surface area (Å²) in [5, 5.41) is 11.9. The van der Waals surface area contributed by atoms with Crippen LogP contribution in [0.3, 0.4) is 0 Å². The Bertz CT molecular complexity index is 531. The van der Waals surface area contributed by atoms with Gasteiger partial charge in [0.15, 0.2) is 0 Å². The number of anilines is 1. The highest BCUT2D eigenvalue weighted by Gasteiger charge is 2.23. The number of carboxylic acid groups (broad SMARTS) is 1. The Hall–Kier alpha value is -1.34. The van der Waals surface area contributed by atoms with Gasteiger partial charge in [-0.15, -0.1) is 0 Å². The van der Waals surface area contributed by atoms with Crippen molar-refractivity contribution in [3.8, 4) is 0 Å². The minimum absolute atomic E-state index is 0.240. The lowest BCUT2D eigenvalue weighted by Crippen LogP contribution is -2.45. The van der Waals surface area contributed by atoms with Crippen LogP contribution in [0, 0.1) is 5.92 Å². The molecule has 2 atom stereocenters. The van der Waals surface area contributed by atoms with Gasteiger partial charge in [0.25, 0.3) is 0 Å². The van der Waals surface area contributed by atoms with Crippen molar-refractivity contribution in [2.75, 3.05) is 30.5 Å². The summed E-state index contributed by atoms with van der Waals surface area (Å²) in [4.78, 5) is 25.4. The molecule has 0 aromatic heterocycles. The van der Waals surface area contributed by atoms with Crippen molar-refractivity contribution < 1.29 is 14.7 Å². The second-order valence-electron chi connectivity index (χ2n) is 5.76. The summed E-state index contributed by atoms with van der Waals surface area (Å²) < 4.78 is 0. The minimum atomic E-state index is -1.01. The van der Waals surface area contributed by atoms with E-state index in [0.717, 1.165) is 11.3 Å². The smallest absolute Gasteiger partial charge is 0.327 e. The first-order valence-corrected chi connectivity index (χ1v) is 9.65. The summed E-state index contributed by atoms with van der Waals surface area (Å²) >= 11 is 5.63. The first kappa shape index (κ1) is 20.7. The molecule has 0 aliphatic rings. The second kappa shape index (κ2) is 10.5. The molecule has 0 saturated heterocycles. The Morgan fingerprint density at radius 2 is 1.92 bits per heavy atom. The van der Waals surface area contributed by atoms with Crippen molar-refractivity contribution in [3.63, 3.8) is 0 Å². The number of benzene rings is 1. The summed E-state index contributed by atoms with van der Waals surface area (Å²) in [5.74, 6) is -0.0427. The van der Waals surface area contributed by atoms with E-state index < -0.39 is 12.0 Å². The molecule has 0 radical (unpaired) electrons. The number of amides is 1. The van der Waals surface area contributed by atoms with Crippen LogP contribution in [0.25, 0.3) is 0 Å². The highest BCUT2D eigenvalue weighted by Crippen LogP contribution is 2.18. The summed E-state index contributed by atoms with van der Waals surface area (Å²) in [5.41, 5.74) is 2.25. The number of carboxylic acids is 1. The van der Waals surface area contributed by atoms with Gasteiger partial charge in [-0.3, -0.25) is 4.79 Å². The molecule has 134 valence electrons. The summed E-state index contributed by atoms with van der Waals surface area (Å²) in [6, 6.07) is 7.25. The Labute approximate surface area is 153 Å². The van der Waals surface area contributed by atoms with Gasteiger partial charge < -0.3 is 15.3 Å². The van der Waals surface area contributed by atoms with Crippen molar-refractivity contribution >= 4 is 42.0 Å². The molecule has 0 heterocycles. The van der Waals surface area contributed by atoms with Crippen LogP contribution < -0.4 is 10.2 Å². The van der Waals surface area contributed by atoms with E-state index in [1.54, 1.807) is 0 Å². The van der Waals surface area contributed by atoms with E-state index in [9.17, 15) is 14.7 Å². The number of hydrogen-bond donors (Lipinski definition) is 3. The maximum atomic E-state index is 12.0. The fourth-order valence-electron chi connectivity index (χ4n) is 2.05. The number of hydrogen-bond acceptors (Lipinski definition) is 5. The third kappa shape index (κ3) is 6.65. The standard InChI is InChI=1S/C17H26N2O3S2/c1-4-13(9-23)16(20)18-15(17(21)22)11-24-10-12-5-7-14(8-6-12)19(2)3/h5-8,13,15,23H,4,9-11H2,1-3H3,(H,18,20)(H,21,22)/t13?,15-/m0/s1. The number of carbonyl (C=O) groups excluding carboxylic acids is 1. The lowest BCUT2D eigenvalue weighted by atomic mass is 10.1. The van der Waals surface area contributed by atoms with E-state index in [0.29, 0.717) is 23.7 Å². The van der Waals surface area contributed by atoms with Gasteiger partial charge in [0, 0.05) is 43.0 Å².